The van der Waals surface area contributed by atoms with E-state index in [1.54, 1.807) is 34.4 Å². The fourth-order valence-corrected chi connectivity index (χ4v) is 7.32. The highest BCUT2D eigenvalue weighted by Crippen LogP contribution is 2.47. The average Bonchev–Trinajstić information content (AvgIpc) is 2.43. The standard InChI is InChI=1S/C6H6OS5/c7-1-3-2-9-4-5(10-3)12-6(8)11-4/h3,7H,1-2H2/t3-/m0/s1. The van der Waals surface area contributed by atoms with Gasteiger partial charge in [-0.25, -0.2) is 0 Å². The normalized spacial score (nSPS) is 22.2. The van der Waals surface area contributed by atoms with Crippen LogP contribution >= 0.6 is 58.4 Å². The van der Waals surface area contributed by atoms with Gasteiger partial charge in [-0.15, -0.1) is 46.2 Å². The second kappa shape index (κ2) is 3.98. The van der Waals surface area contributed by atoms with Gasteiger partial charge in [0.05, 0.1) is 15.0 Å². The lowest BCUT2D eigenvalue weighted by Gasteiger charge is -2.17. The van der Waals surface area contributed by atoms with Gasteiger partial charge >= 0.3 is 0 Å². The summed E-state index contributed by atoms with van der Waals surface area (Å²) in [6.07, 6.45) is 0. The molecule has 1 aromatic rings. The molecule has 0 spiro atoms. The summed E-state index contributed by atoms with van der Waals surface area (Å²) in [4.78, 5) is 0. The smallest absolute Gasteiger partial charge is 0.145 e. The van der Waals surface area contributed by atoms with Gasteiger partial charge in [0.15, 0.2) is 0 Å². The largest absolute Gasteiger partial charge is 0.395 e. The molecule has 66 valence electrons. The van der Waals surface area contributed by atoms with Crippen LogP contribution in [0.4, 0.5) is 0 Å². The van der Waals surface area contributed by atoms with E-state index in [1.165, 1.54) is 8.42 Å². The van der Waals surface area contributed by atoms with Gasteiger partial charge in [-0.05, 0) is 0 Å². The molecule has 12 heavy (non-hydrogen) atoms. The highest BCUT2D eigenvalue weighted by Gasteiger charge is 2.21. The van der Waals surface area contributed by atoms with Gasteiger partial charge in [0.1, 0.15) is 3.14 Å². The summed E-state index contributed by atoms with van der Waals surface area (Å²) in [5, 5.41) is 9.33. The highest BCUT2D eigenvalue weighted by molar-refractivity contribution is 8.08. The molecular weight excluding hydrogens is 248 g/mol. The molecule has 6 heteroatoms. The van der Waals surface area contributed by atoms with Crippen molar-refractivity contribution in [2.45, 2.75) is 13.7 Å². The first kappa shape index (κ1) is 9.48. The van der Waals surface area contributed by atoms with Crippen molar-refractivity contribution in [1.82, 2.24) is 0 Å². The monoisotopic (exact) mass is 254 g/mol. The van der Waals surface area contributed by atoms with Gasteiger partial charge < -0.3 is 5.11 Å². The number of hydrogen-bond donors (Lipinski definition) is 1. The number of hydrogen-bond acceptors (Lipinski definition) is 6. The fraction of sp³-hybridized carbons (Fsp3) is 0.500. The lowest BCUT2D eigenvalue weighted by molar-refractivity contribution is 0.301. The number of aliphatic hydroxyl groups is 1. The Balaban J connectivity index is 2.28. The first-order valence-corrected chi connectivity index (χ1v) is 7.24. The van der Waals surface area contributed by atoms with Gasteiger partial charge in [-0.1, -0.05) is 12.2 Å². The summed E-state index contributed by atoms with van der Waals surface area (Å²) in [6.45, 7) is 0.270. The Hall–Kier alpha value is 0.930. The maximum absolute atomic E-state index is 8.97. The van der Waals surface area contributed by atoms with E-state index < -0.39 is 0 Å². The summed E-state index contributed by atoms with van der Waals surface area (Å²) in [5.74, 6) is 1.01. The van der Waals surface area contributed by atoms with E-state index in [2.05, 4.69) is 0 Å². The second-order valence-electron chi connectivity index (χ2n) is 2.26. The third kappa shape index (κ3) is 1.88. The Morgan fingerprint density at radius 3 is 2.92 bits per heavy atom. The molecule has 0 unspecified atom stereocenters. The van der Waals surface area contributed by atoms with Crippen molar-refractivity contribution >= 4 is 58.4 Å². The molecule has 0 bridgehead atoms. The molecule has 0 fully saturated rings. The zero-order valence-corrected chi connectivity index (χ0v) is 10.1. The van der Waals surface area contributed by atoms with Gasteiger partial charge in [0.2, 0.25) is 0 Å². The molecule has 0 radical (unpaired) electrons. The van der Waals surface area contributed by atoms with Crippen molar-refractivity contribution in [2.24, 2.45) is 0 Å². The summed E-state index contributed by atoms with van der Waals surface area (Å²) in [7, 11) is 0. The van der Waals surface area contributed by atoms with E-state index in [-0.39, 0.29) is 6.61 Å². The van der Waals surface area contributed by atoms with Gasteiger partial charge in [-0.2, -0.15) is 0 Å². The third-order valence-corrected chi connectivity index (χ3v) is 7.48. The van der Waals surface area contributed by atoms with Crippen LogP contribution in [0.1, 0.15) is 0 Å². The van der Waals surface area contributed by atoms with Crippen molar-refractivity contribution < 1.29 is 5.11 Å². The zero-order valence-electron chi connectivity index (χ0n) is 5.98. The van der Waals surface area contributed by atoms with Gasteiger partial charge in [0, 0.05) is 11.0 Å². The van der Waals surface area contributed by atoms with Gasteiger partial charge in [-0.3, -0.25) is 0 Å². The first-order chi connectivity index (χ1) is 5.79. The Morgan fingerprint density at radius 1 is 1.42 bits per heavy atom. The van der Waals surface area contributed by atoms with E-state index in [9.17, 15) is 0 Å². The van der Waals surface area contributed by atoms with E-state index in [1.807, 2.05) is 11.8 Å². The van der Waals surface area contributed by atoms with Crippen molar-refractivity contribution in [1.29, 1.82) is 0 Å². The topological polar surface area (TPSA) is 20.2 Å². The van der Waals surface area contributed by atoms with Crippen LogP contribution in [0, 0.1) is 3.14 Å². The molecule has 0 amide bonds. The number of aliphatic hydroxyl groups excluding tert-OH is 1. The van der Waals surface area contributed by atoms with Crippen LogP contribution in [0.3, 0.4) is 0 Å². The second-order valence-corrected chi connectivity index (χ2v) is 8.34. The van der Waals surface area contributed by atoms with Crippen LogP contribution in [0.15, 0.2) is 8.42 Å². The molecule has 1 atom stereocenters. The Bertz CT molecular complexity index is 327. The lowest BCUT2D eigenvalue weighted by atomic mass is 10.5. The zero-order chi connectivity index (χ0) is 8.55. The summed E-state index contributed by atoms with van der Waals surface area (Å²) in [6, 6.07) is 0. The van der Waals surface area contributed by atoms with E-state index in [4.69, 9.17) is 17.3 Å². The van der Waals surface area contributed by atoms with E-state index in [0.717, 1.165) is 8.89 Å². The van der Waals surface area contributed by atoms with Crippen LogP contribution in [0.25, 0.3) is 0 Å². The third-order valence-electron chi connectivity index (χ3n) is 1.40. The fourth-order valence-electron chi connectivity index (χ4n) is 0.860. The van der Waals surface area contributed by atoms with Crippen LogP contribution < -0.4 is 0 Å². The predicted molar refractivity (Wildman–Crippen MR) is 60.5 cm³/mol. The van der Waals surface area contributed by atoms with Gasteiger partial charge in [0.25, 0.3) is 0 Å². The molecule has 1 aromatic heterocycles. The molecule has 2 rings (SSSR count). The molecule has 2 heterocycles. The van der Waals surface area contributed by atoms with Crippen molar-refractivity contribution in [3.8, 4) is 0 Å². The number of thioether (sulfide) groups is 2. The summed E-state index contributed by atoms with van der Waals surface area (Å²) < 4.78 is 3.65. The minimum absolute atomic E-state index is 0.270. The van der Waals surface area contributed by atoms with Crippen LogP contribution in [0.5, 0.6) is 0 Å². The minimum Gasteiger partial charge on any atom is -0.395 e. The number of fused-ring (bicyclic) bond motifs is 1. The minimum atomic E-state index is 0.270. The molecule has 0 saturated heterocycles. The van der Waals surface area contributed by atoms with Crippen LogP contribution in [-0.4, -0.2) is 22.7 Å². The molecule has 0 aliphatic carbocycles. The molecule has 0 saturated carbocycles. The molecular formula is C6H6OS5. The molecule has 1 N–H and O–H groups in total. The van der Waals surface area contributed by atoms with E-state index in [0.29, 0.717) is 5.25 Å². The van der Waals surface area contributed by atoms with Crippen molar-refractivity contribution in [3.05, 3.63) is 3.14 Å². The molecule has 0 aromatic carbocycles. The Labute approximate surface area is 92.2 Å². The SMILES string of the molecule is OC[C@H]1CSc2sc(=S)sc2S1. The summed E-state index contributed by atoms with van der Waals surface area (Å²) in [5.41, 5.74) is 0. The molecule has 1 aliphatic heterocycles. The Kier molecular flexibility index (Phi) is 3.14. The Morgan fingerprint density at radius 2 is 2.17 bits per heavy atom. The van der Waals surface area contributed by atoms with E-state index >= 15 is 0 Å². The predicted octanol–water partition coefficient (Wildman–Crippen LogP) is 3.10. The number of rotatable bonds is 1. The lowest BCUT2D eigenvalue weighted by Crippen LogP contribution is -2.13. The average molecular weight is 254 g/mol. The quantitative estimate of drug-likeness (QED) is 0.777. The summed E-state index contributed by atoms with van der Waals surface area (Å²) >= 11 is 12.1. The first-order valence-electron chi connectivity index (χ1n) is 3.34. The highest BCUT2D eigenvalue weighted by atomic mass is 32.2. The van der Waals surface area contributed by atoms with Crippen molar-refractivity contribution in [3.63, 3.8) is 0 Å². The van der Waals surface area contributed by atoms with Crippen LogP contribution in [0.2, 0.25) is 0 Å². The maximum atomic E-state index is 8.97. The maximum Gasteiger partial charge on any atom is 0.145 e. The van der Waals surface area contributed by atoms with Crippen LogP contribution in [-0.2, 0) is 0 Å². The molecule has 1 aliphatic rings. The molecule has 1 nitrogen and oxygen atoms in total. The van der Waals surface area contributed by atoms with Crippen molar-refractivity contribution in [2.75, 3.05) is 12.4 Å².